The maximum atomic E-state index is 9.33. The fraction of sp³-hybridized carbons (Fsp3) is 0.278. The first kappa shape index (κ1) is 14.6. The zero-order valence-corrected chi connectivity index (χ0v) is 12.8. The lowest BCUT2D eigenvalue weighted by atomic mass is 10.1. The number of anilines is 1. The molecule has 0 atom stereocenters. The summed E-state index contributed by atoms with van der Waals surface area (Å²) in [5.74, 6) is 0.975. The average molecular weight is 295 g/mol. The number of benzene rings is 2. The second-order valence-electron chi connectivity index (χ2n) is 5.60. The molecule has 0 aliphatic carbocycles. The zero-order valence-electron chi connectivity index (χ0n) is 12.8. The van der Waals surface area contributed by atoms with Gasteiger partial charge in [0.25, 0.3) is 0 Å². The van der Waals surface area contributed by atoms with Gasteiger partial charge in [-0.3, -0.25) is 0 Å². The molecule has 0 fully saturated rings. The molecular formula is C18H21N3O. The molecule has 0 saturated carbocycles. The van der Waals surface area contributed by atoms with Crippen LogP contribution in [0.4, 0.5) is 5.69 Å². The number of hydrogen-bond donors (Lipinski definition) is 2. The van der Waals surface area contributed by atoms with Crippen LogP contribution in [0.2, 0.25) is 0 Å². The van der Waals surface area contributed by atoms with Crippen molar-refractivity contribution in [3.8, 4) is 0 Å². The summed E-state index contributed by atoms with van der Waals surface area (Å²) in [6.07, 6.45) is 1.76. The van der Waals surface area contributed by atoms with E-state index in [1.54, 1.807) is 0 Å². The van der Waals surface area contributed by atoms with Crippen molar-refractivity contribution in [1.82, 2.24) is 9.55 Å². The van der Waals surface area contributed by atoms with E-state index < -0.39 is 0 Å². The minimum absolute atomic E-state index is 0.0950. The molecule has 0 amide bonds. The van der Waals surface area contributed by atoms with Gasteiger partial charge < -0.3 is 15.4 Å². The fourth-order valence-corrected chi connectivity index (χ4v) is 2.77. The highest BCUT2D eigenvalue weighted by atomic mass is 16.3. The van der Waals surface area contributed by atoms with Crippen LogP contribution in [0, 0.1) is 6.92 Å². The van der Waals surface area contributed by atoms with Gasteiger partial charge in [-0.1, -0.05) is 35.9 Å². The van der Waals surface area contributed by atoms with Gasteiger partial charge >= 0.3 is 0 Å². The summed E-state index contributed by atoms with van der Waals surface area (Å²) >= 11 is 0. The molecular weight excluding hydrogens is 274 g/mol. The van der Waals surface area contributed by atoms with Gasteiger partial charge in [0.15, 0.2) is 0 Å². The Labute approximate surface area is 130 Å². The summed E-state index contributed by atoms with van der Waals surface area (Å²) in [4.78, 5) is 4.69. The van der Waals surface area contributed by atoms with E-state index in [0.717, 1.165) is 29.7 Å². The van der Waals surface area contributed by atoms with E-state index in [2.05, 4.69) is 35.8 Å². The third kappa shape index (κ3) is 2.83. The van der Waals surface area contributed by atoms with E-state index in [4.69, 9.17) is 10.7 Å². The van der Waals surface area contributed by atoms with Gasteiger partial charge in [0.2, 0.25) is 0 Å². The standard InChI is InChI=1S/C18H21N3O/c1-13-5-7-14(8-6-13)9-10-17-20-18-15(19)3-2-4-16(18)21(17)11-12-22/h2-8,22H,9-12,19H2,1H3. The highest BCUT2D eigenvalue weighted by molar-refractivity contribution is 5.87. The van der Waals surface area contributed by atoms with Crippen molar-refractivity contribution in [2.75, 3.05) is 12.3 Å². The van der Waals surface area contributed by atoms with Crippen molar-refractivity contribution >= 4 is 16.7 Å². The molecule has 3 N–H and O–H groups in total. The number of aliphatic hydroxyl groups excluding tert-OH is 1. The van der Waals surface area contributed by atoms with E-state index in [1.165, 1.54) is 11.1 Å². The minimum Gasteiger partial charge on any atom is -0.397 e. The van der Waals surface area contributed by atoms with Gasteiger partial charge in [0.1, 0.15) is 11.3 Å². The molecule has 3 aromatic rings. The van der Waals surface area contributed by atoms with Crippen molar-refractivity contribution in [3.05, 3.63) is 59.4 Å². The third-order valence-electron chi connectivity index (χ3n) is 3.97. The Balaban J connectivity index is 1.90. The highest BCUT2D eigenvalue weighted by Gasteiger charge is 2.12. The summed E-state index contributed by atoms with van der Waals surface area (Å²) in [5, 5.41) is 9.33. The summed E-state index contributed by atoms with van der Waals surface area (Å²) in [6.45, 7) is 2.73. The lowest BCUT2D eigenvalue weighted by molar-refractivity contribution is 0.276. The third-order valence-corrected chi connectivity index (χ3v) is 3.97. The Morgan fingerprint density at radius 3 is 2.59 bits per heavy atom. The monoisotopic (exact) mass is 295 g/mol. The number of aliphatic hydroxyl groups is 1. The maximum absolute atomic E-state index is 9.33. The van der Waals surface area contributed by atoms with Gasteiger partial charge in [-0.25, -0.2) is 4.98 Å². The number of fused-ring (bicyclic) bond motifs is 1. The van der Waals surface area contributed by atoms with Crippen LogP contribution >= 0.6 is 0 Å². The SMILES string of the molecule is Cc1ccc(CCc2nc3c(N)cccc3n2CCO)cc1. The molecule has 0 bridgehead atoms. The number of aromatic nitrogens is 2. The van der Waals surface area contributed by atoms with Crippen molar-refractivity contribution in [2.45, 2.75) is 26.3 Å². The van der Waals surface area contributed by atoms with Crippen LogP contribution in [0.25, 0.3) is 11.0 Å². The molecule has 4 heteroatoms. The van der Waals surface area contributed by atoms with Crippen LogP contribution < -0.4 is 5.73 Å². The molecule has 1 aromatic heterocycles. The minimum atomic E-state index is 0.0950. The lowest BCUT2D eigenvalue weighted by Gasteiger charge is -2.07. The Bertz CT molecular complexity index is 775. The molecule has 1 heterocycles. The molecule has 2 aromatic carbocycles. The van der Waals surface area contributed by atoms with Crippen LogP contribution in [0.5, 0.6) is 0 Å². The number of rotatable bonds is 5. The number of aryl methyl sites for hydroxylation is 3. The van der Waals surface area contributed by atoms with Gasteiger partial charge in [-0.05, 0) is 31.0 Å². The van der Waals surface area contributed by atoms with Crippen LogP contribution in [-0.2, 0) is 19.4 Å². The molecule has 4 nitrogen and oxygen atoms in total. The Morgan fingerprint density at radius 2 is 1.86 bits per heavy atom. The van der Waals surface area contributed by atoms with Gasteiger partial charge in [0.05, 0.1) is 17.8 Å². The van der Waals surface area contributed by atoms with E-state index in [9.17, 15) is 5.11 Å². The van der Waals surface area contributed by atoms with Gasteiger partial charge in [0, 0.05) is 13.0 Å². The molecule has 22 heavy (non-hydrogen) atoms. The zero-order chi connectivity index (χ0) is 15.5. The van der Waals surface area contributed by atoms with Crippen LogP contribution in [0.3, 0.4) is 0 Å². The maximum Gasteiger partial charge on any atom is 0.112 e. The van der Waals surface area contributed by atoms with Crippen LogP contribution in [-0.4, -0.2) is 21.3 Å². The average Bonchev–Trinajstić information content (AvgIpc) is 2.87. The number of para-hydroxylation sites is 1. The van der Waals surface area contributed by atoms with Crippen molar-refractivity contribution in [1.29, 1.82) is 0 Å². The van der Waals surface area contributed by atoms with Crippen LogP contribution in [0.1, 0.15) is 17.0 Å². The topological polar surface area (TPSA) is 64.1 Å². The molecule has 114 valence electrons. The lowest BCUT2D eigenvalue weighted by Crippen LogP contribution is -2.08. The number of nitrogen functional groups attached to an aromatic ring is 1. The van der Waals surface area contributed by atoms with E-state index >= 15 is 0 Å². The first-order valence-electron chi connectivity index (χ1n) is 7.59. The van der Waals surface area contributed by atoms with Crippen LogP contribution in [0.15, 0.2) is 42.5 Å². The number of hydrogen-bond acceptors (Lipinski definition) is 3. The number of nitrogens with zero attached hydrogens (tertiary/aromatic N) is 2. The van der Waals surface area contributed by atoms with Gasteiger partial charge in [-0.15, -0.1) is 0 Å². The summed E-state index contributed by atoms with van der Waals surface area (Å²) in [5.41, 5.74) is 11.1. The van der Waals surface area contributed by atoms with Crippen molar-refractivity contribution in [2.24, 2.45) is 0 Å². The first-order chi connectivity index (χ1) is 10.7. The molecule has 0 unspecified atom stereocenters. The fourth-order valence-electron chi connectivity index (χ4n) is 2.77. The number of nitrogens with two attached hydrogens (primary N) is 1. The van der Waals surface area contributed by atoms with E-state index in [0.29, 0.717) is 12.2 Å². The molecule has 3 rings (SSSR count). The molecule has 0 saturated heterocycles. The summed E-state index contributed by atoms with van der Waals surface area (Å²) in [6, 6.07) is 14.4. The Kier molecular flexibility index (Phi) is 4.11. The Morgan fingerprint density at radius 1 is 1.09 bits per heavy atom. The van der Waals surface area contributed by atoms with E-state index in [-0.39, 0.29) is 6.61 Å². The Hall–Kier alpha value is -2.33. The van der Waals surface area contributed by atoms with Crippen molar-refractivity contribution < 1.29 is 5.11 Å². The highest BCUT2D eigenvalue weighted by Crippen LogP contribution is 2.22. The summed E-state index contributed by atoms with van der Waals surface area (Å²) in [7, 11) is 0. The molecule has 0 radical (unpaired) electrons. The van der Waals surface area contributed by atoms with Crippen molar-refractivity contribution in [3.63, 3.8) is 0 Å². The summed E-state index contributed by atoms with van der Waals surface area (Å²) < 4.78 is 2.07. The first-order valence-corrected chi connectivity index (χ1v) is 7.59. The molecule has 0 spiro atoms. The molecule has 0 aliphatic rings. The predicted octanol–water partition coefficient (Wildman–Crippen LogP) is 2.70. The normalized spacial score (nSPS) is 11.2. The quantitative estimate of drug-likeness (QED) is 0.711. The largest absolute Gasteiger partial charge is 0.397 e. The predicted molar refractivity (Wildman–Crippen MR) is 89.8 cm³/mol. The second-order valence-corrected chi connectivity index (χ2v) is 5.60. The van der Waals surface area contributed by atoms with Gasteiger partial charge in [-0.2, -0.15) is 0 Å². The molecule has 0 aliphatic heterocycles. The second kappa shape index (κ2) is 6.20. The smallest absolute Gasteiger partial charge is 0.112 e. The number of imidazole rings is 1. The van der Waals surface area contributed by atoms with E-state index in [1.807, 2.05) is 18.2 Å².